The van der Waals surface area contributed by atoms with Crippen molar-refractivity contribution in [1.82, 2.24) is 9.78 Å². The predicted molar refractivity (Wildman–Crippen MR) is 57.7 cm³/mol. The van der Waals surface area contributed by atoms with Crippen LogP contribution >= 0.6 is 11.3 Å². The van der Waals surface area contributed by atoms with Gasteiger partial charge in [-0.2, -0.15) is 5.10 Å². The molecule has 1 fully saturated rings. The Labute approximate surface area is 87.8 Å². The fourth-order valence-corrected chi connectivity index (χ4v) is 3.21. The zero-order valence-electron chi connectivity index (χ0n) is 8.69. The minimum atomic E-state index is 0.0674. The van der Waals surface area contributed by atoms with Crippen LogP contribution in [0.1, 0.15) is 43.5 Å². The zero-order chi connectivity index (χ0) is 10.1. The van der Waals surface area contributed by atoms with Gasteiger partial charge in [-0.15, -0.1) is 0 Å². The number of nitrogens with zero attached hydrogens (tertiary/aromatic N) is 2. The first kappa shape index (κ1) is 9.90. The molecule has 1 aromatic rings. The van der Waals surface area contributed by atoms with Crippen molar-refractivity contribution in [2.45, 2.75) is 38.5 Å². The Hall–Kier alpha value is -0.640. The van der Waals surface area contributed by atoms with Gasteiger partial charge >= 0.3 is 4.87 Å². The molecule has 1 aromatic heterocycles. The van der Waals surface area contributed by atoms with Gasteiger partial charge < -0.3 is 0 Å². The van der Waals surface area contributed by atoms with Gasteiger partial charge in [-0.05, 0) is 12.3 Å². The molecule has 78 valence electrons. The Morgan fingerprint density at radius 2 is 2.14 bits per heavy atom. The molecule has 1 saturated carbocycles. The molecule has 0 aliphatic heterocycles. The van der Waals surface area contributed by atoms with E-state index in [0.717, 1.165) is 5.01 Å². The van der Waals surface area contributed by atoms with E-state index in [1.807, 2.05) is 0 Å². The molecular weight excluding hydrogens is 196 g/mol. The molecule has 1 aliphatic carbocycles. The van der Waals surface area contributed by atoms with Crippen molar-refractivity contribution in [3.8, 4) is 0 Å². The monoisotopic (exact) mass is 212 g/mol. The Bertz CT molecular complexity index is 368. The SMILES string of the molecule is CC1CCCCC1c1nn(C)c(=O)s1. The first-order valence-corrected chi connectivity index (χ1v) is 6.04. The van der Waals surface area contributed by atoms with Crippen LogP contribution in [0.15, 0.2) is 4.79 Å². The summed E-state index contributed by atoms with van der Waals surface area (Å²) < 4.78 is 1.46. The Morgan fingerprint density at radius 1 is 1.43 bits per heavy atom. The van der Waals surface area contributed by atoms with E-state index >= 15 is 0 Å². The van der Waals surface area contributed by atoms with Crippen LogP contribution in [0.3, 0.4) is 0 Å². The first-order chi connectivity index (χ1) is 6.68. The number of hydrogen-bond donors (Lipinski definition) is 0. The summed E-state index contributed by atoms with van der Waals surface area (Å²) in [5.74, 6) is 1.22. The number of hydrogen-bond acceptors (Lipinski definition) is 3. The van der Waals surface area contributed by atoms with E-state index in [2.05, 4.69) is 12.0 Å². The topological polar surface area (TPSA) is 34.9 Å². The third-order valence-electron chi connectivity index (χ3n) is 3.13. The van der Waals surface area contributed by atoms with Crippen molar-refractivity contribution in [3.05, 3.63) is 14.7 Å². The van der Waals surface area contributed by atoms with Crippen LogP contribution < -0.4 is 4.87 Å². The summed E-state index contributed by atoms with van der Waals surface area (Å²) in [6.45, 7) is 2.27. The summed E-state index contributed by atoms with van der Waals surface area (Å²) in [5, 5.41) is 5.35. The van der Waals surface area contributed by atoms with Crippen molar-refractivity contribution in [3.63, 3.8) is 0 Å². The molecule has 0 bridgehead atoms. The van der Waals surface area contributed by atoms with Crippen molar-refractivity contribution < 1.29 is 0 Å². The van der Waals surface area contributed by atoms with Crippen molar-refractivity contribution in [2.24, 2.45) is 13.0 Å². The summed E-state index contributed by atoms with van der Waals surface area (Å²) in [4.78, 5) is 11.4. The molecule has 4 heteroatoms. The molecule has 2 rings (SSSR count). The van der Waals surface area contributed by atoms with E-state index in [1.165, 1.54) is 41.7 Å². The van der Waals surface area contributed by atoms with Gasteiger partial charge in [0.05, 0.1) is 0 Å². The molecule has 2 atom stereocenters. The average molecular weight is 212 g/mol. The van der Waals surface area contributed by atoms with Crippen LogP contribution in [0, 0.1) is 5.92 Å². The predicted octanol–water partition coefficient (Wildman–Crippen LogP) is 2.14. The van der Waals surface area contributed by atoms with Gasteiger partial charge in [0.25, 0.3) is 0 Å². The first-order valence-electron chi connectivity index (χ1n) is 5.22. The fraction of sp³-hybridized carbons (Fsp3) is 0.800. The van der Waals surface area contributed by atoms with Gasteiger partial charge in [0.1, 0.15) is 5.01 Å². The third-order valence-corrected chi connectivity index (χ3v) is 4.17. The molecule has 1 aliphatic rings. The van der Waals surface area contributed by atoms with Crippen LogP contribution in [0.25, 0.3) is 0 Å². The lowest BCUT2D eigenvalue weighted by Gasteiger charge is -2.26. The van der Waals surface area contributed by atoms with Crippen LogP contribution in [-0.4, -0.2) is 9.78 Å². The quantitative estimate of drug-likeness (QED) is 0.715. The third kappa shape index (κ3) is 1.75. The summed E-state index contributed by atoms with van der Waals surface area (Å²) >= 11 is 1.32. The highest BCUT2D eigenvalue weighted by Crippen LogP contribution is 2.37. The lowest BCUT2D eigenvalue weighted by molar-refractivity contribution is 0.327. The number of aromatic nitrogens is 2. The molecule has 0 amide bonds. The van der Waals surface area contributed by atoms with Crippen LogP contribution in [-0.2, 0) is 7.05 Å². The molecular formula is C10H16N2OS. The Kier molecular flexibility index (Phi) is 2.72. The molecule has 0 N–H and O–H groups in total. The van der Waals surface area contributed by atoms with Crippen molar-refractivity contribution in [1.29, 1.82) is 0 Å². The van der Waals surface area contributed by atoms with E-state index < -0.39 is 0 Å². The smallest absolute Gasteiger partial charge is 0.255 e. The maximum atomic E-state index is 11.3. The van der Waals surface area contributed by atoms with Gasteiger partial charge in [0.15, 0.2) is 0 Å². The molecule has 0 aromatic carbocycles. The largest absolute Gasteiger partial charge is 0.324 e. The molecule has 14 heavy (non-hydrogen) atoms. The van der Waals surface area contributed by atoms with E-state index in [9.17, 15) is 4.79 Å². The minimum absolute atomic E-state index is 0.0674. The standard InChI is InChI=1S/C10H16N2OS/c1-7-5-3-4-6-8(7)9-11-12(2)10(13)14-9/h7-8H,3-6H2,1-2H3. The van der Waals surface area contributed by atoms with Crippen LogP contribution in [0.5, 0.6) is 0 Å². The Balaban J connectivity index is 2.24. The summed E-state index contributed by atoms with van der Waals surface area (Å²) in [5.41, 5.74) is 0. The molecule has 3 nitrogen and oxygen atoms in total. The second kappa shape index (κ2) is 3.85. The highest BCUT2D eigenvalue weighted by atomic mass is 32.1. The minimum Gasteiger partial charge on any atom is -0.255 e. The fourth-order valence-electron chi connectivity index (χ4n) is 2.20. The second-order valence-corrected chi connectivity index (χ2v) is 5.17. The number of rotatable bonds is 1. The van der Waals surface area contributed by atoms with Crippen LogP contribution in [0.2, 0.25) is 0 Å². The normalized spacial score (nSPS) is 27.9. The van der Waals surface area contributed by atoms with Gasteiger partial charge in [-0.25, -0.2) is 4.68 Å². The molecule has 0 saturated heterocycles. The maximum Gasteiger partial charge on any atom is 0.324 e. The highest BCUT2D eigenvalue weighted by Gasteiger charge is 2.26. The lowest BCUT2D eigenvalue weighted by Crippen LogP contribution is -2.15. The zero-order valence-corrected chi connectivity index (χ0v) is 9.51. The summed E-state index contributed by atoms with van der Waals surface area (Å²) in [7, 11) is 1.73. The van der Waals surface area contributed by atoms with Gasteiger partial charge in [-0.3, -0.25) is 4.79 Å². The van der Waals surface area contributed by atoms with Crippen molar-refractivity contribution >= 4 is 11.3 Å². The van der Waals surface area contributed by atoms with E-state index in [0.29, 0.717) is 11.8 Å². The molecule has 1 heterocycles. The molecule has 0 radical (unpaired) electrons. The van der Waals surface area contributed by atoms with E-state index in [1.54, 1.807) is 7.05 Å². The van der Waals surface area contributed by atoms with Gasteiger partial charge in [0.2, 0.25) is 0 Å². The average Bonchev–Trinajstić information content (AvgIpc) is 2.48. The summed E-state index contributed by atoms with van der Waals surface area (Å²) in [6.07, 6.45) is 5.10. The lowest BCUT2D eigenvalue weighted by atomic mass is 9.81. The van der Waals surface area contributed by atoms with Gasteiger partial charge in [0, 0.05) is 13.0 Å². The van der Waals surface area contributed by atoms with Crippen LogP contribution in [0.4, 0.5) is 0 Å². The molecule has 2 unspecified atom stereocenters. The van der Waals surface area contributed by atoms with E-state index in [-0.39, 0.29) is 4.87 Å². The second-order valence-electron chi connectivity index (χ2n) is 4.20. The summed E-state index contributed by atoms with van der Waals surface area (Å²) in [6, 6.07) is 0. The van der Waals surface area contributed by atoms with Gasteiger partial charge in [-0.1, -0.05) is 37.5 Å². The molecule has 0 spiro atoms. The maximum absolute atomic E-state index is 11.3. The van der Waals surface area contributed by atoms with Crippen molar-refractivity contribution in [2.75, 3.05) is 0 Å². The number of aryl methyl sites for hydroxylation is 1. The highest BCUT2D eigenvalue weighted by molar-refractivity contribution is 7.09. The van der Waals surface area contributed by atoms with E-state index in [4.69, 9.17) is 0 Å². The Morgan fingerprint density at radius 3 is 2.71 bits per heavy atom.